The van der Waals surface area contributed by atoms with Crippen molar-refractivity contribution >= 4 is 18.3 Å². The lowest BCUT2D eigenvalue weighted by Crippen LogP contribution is -2.53. The molecule has 1 amide bonds. The number of nitrogens with one attached hydrogen (secondary N) is 1. The van der Waals surface area contributed by atoms with E-state index in [9.17, 15) is 4.79 Å². The molecule has 1 aliphatic rings. The fourth-order valence-corrected chi connectivity index (χ4v) is 2.47. The molecule has 0 heterocycles. The first kappa shape index (κ1) is 19.7. The van der Waals surface area contributed by atoms with Crippen LogP contribution in [0, 0.1) is 5.92 Å². The van der Waals surface area contributed by atoms with Gasteiger partial charge >= 0.3 is 0 Å². The summed E-state index contributed by atoms with van der Waals surface area (Å²) in [7, 11) is 1.67. The first-order chi connectivity index (χ1) is 10.6. The zero-order valence-electron chi connectivity index (χ0n) is 13.8. The smallest absolute Gasteiger partial charge is 0.251 e. The molecule has 0 aromatic heterocycles. The maximum absolute atomic E-state index is 12.3. The van der Waals surface area contributed by atoms with Gasteiger partial charge in [0, 0.05) is 32.2 Å². The summed E-state index contributed by atoms with van der Waals surface area (Å²) in [5.74, 6) is 1.19. The van der Waals surface area contributed by atoms with E-state index in [0.717, 1.165) is 25.0 Å². The van der Waals surface area contributed by atoms with Crippen LogP contribution in [0.1, 0.15) is 36.5 Å². The molecule has 6 heteroatoms. The summed E-state index contributed by atoms with van der Waals surface area (Å²) in [6.07, 6.45) is 3.12. The number of ether oxygens (including phenoxy) is 2. The van der Waals surface area contributed by atoms with Gasteiger partial charge in [-0.1, -0.05) is 0 Å². The quantitative estimate of drug-likeness (QED) is 0.676. The average Bonchev–Trinajstić information content (AvgIpc) is 3.37. The molecule has 1 unspecified atom stereocenters. The second kappa shape index (κ2) is 9.11. The Morgan fingerprint density at radius 2 is 1.96 bits per heavy atom. The molecule has 1 aliphatic carbocycles. The number of carbonyl (C=O) groups excluding carboxylic acids is 1. The molecule has 0 spiro atoms. The van der Waals surface area contributed by atoms with Crippen molar-refractivity contribution in [2.24, 2.45) is 11.7 Å². The van der Waals surface area contributed by atoms with Gasteiger partial charge in [-0.25, -0.2) is 0 Å². The minimum absolute atomic E-state index is 0. The van der Waals surface area contributed by atoms with E-state index in [1.54, 1.807) is 19.2 Å². The highest BCUT2D eigenvalue weighted by atomic mass is 35.5. The van der Waals surface area contributed by atoms with Crippen molar-refractivity contribution in [1.82, 2.24) is 5.32 Å². The largest absolute Gasteiger partial charge is 0.494 e. The third-order valence-corrected chi connectivity index (χ3v) is 4.18. The Kier molecular flexibility index (Phi) is 7.82. The predicted octanol–water partition coefficient (Wildman–Crippen LogP) is 2.38. The number of halogens is 1. The zero-order chi connectivity index (χ0) is 16.0. The summed E-state index contributed by atoms with van der Waals surface area (Å²) in [6, 6.07) is 7.20. The minimum atomic E-state index is -0.299. The fourth-order valence-electron chi connectivity index (χ4n) is 2.47. The Bertz CT molecular complexity index is 491. The Labute approximate surface area is 144 Å². The number of carbonyl (C=O) groups is 1. The SMILES string of the molecule is COCCCOc1ccc(C(=O)NC(C)(CN)C2CC2)cc1.Cl. The summed E-state index contributed by atoms with van der Waals surface area (Å²) in [4.78, 5) is 12.3. The number of nitrogens with two attached hydrogens (primary N) is 1. The molecule has 23 heavy (non-hydrogen) atoms. The van der Waals surface area contributed by atoms with E-state index in [0.29, 0.717) is 31.2 Å². The van der Waals surface area contributed by atoms with E-state index >= 15 is 0 Å². The lowest BCUT2D eigenvalue weighted by Gasteiger charge is -2.29. The van der Waals surface area contributed by atoms with E-state index in [1.165, 1.54) is 0 Å². The third-order valence-electron chi connectivity index (χ3n) is 4.18. The van der Waals surface area contributed by atoms with Crippen LogP contribution >= 0.6 is 12.4 Å². The fraction of sp³-hybridized carbons (Fsp3) is 0.588. The number of hydrogen-bond donors (Lipinski definition) is 2. The minimum Gasteiger partial charge on any atom is -0.494 e. The van der Waals surface area contributed by atoms with Gasteiger partial charge in [0.25, 0.3) is 5.91 Å². The van der Waals surface area contributed by atoms with E-state index in [-0.39, 0.29) is 23.9 Å². The average molecular weight is 343 g/mol. The molecule has 1 atom stereocenters. The van der Waals surface area contributed by atoms with Gasteiger partial charge in [0.15, 0.2) is 0 Å². The van der Waals surface area contributed by atoms with Gasteiger partial charge in [-0.2, -0.15) is 0 Å². The summed E-state index contributed by atoms with van der Waals surface area (Å²) < 4.78 is 10.5. The lowest BCUT2D eigenvalue weighted by atomic mass is 9.95. The van der Waals surface area contributed by atoms with Crippen molar-refractivity contribution in [2.75, 3.05) is 26.9 Å². The van der Waals surface area contributed by atoms with Crippen molar-refractivity contribution in [2.45, 2.75) is 31.7 Å². The number of benzene rings is 1. The van der Waals surface area contributed by atoms with Gasteiger partial charge in [-0.15, -0.1) is 12.4 Å². The summed E-state index contributed by atoms with van der Waals surface area (Å²) in [5, 5.41) is 3.08. The van der Waals surface area contributed by atoms with E-state index in [2.05, 4.69) is 5.32 Å². The van der Waals surface area contributed by atoms with Crippen LogP contribution in [-0.4, -0.2) is 38.3 Å². The van der Waals surface area contributed by atoms with Crippen molar-refractivity contribution < 1.29 is 14.3 Å². The normalized spacial score (nSPS) is 16.1. The first-order valence-electron chi connectivity index (χ1n) is 7.83. The van der Waals surface area contributed by atoms with Crippen LogP contribution in [-0.2, 0) is 4.74 Å². The maximum atomic E-state index is 12.3. The van der Waals surface area contributed by atoms with Crippen LogP contribution in [0.25, 0.3) is 0 Å². The Morgan fingerprint density at radius 1 is 1.30 bits per heavy atom. The van der Waals surface area contributed by atoms with Gasteiger partial charge in [0.2, 0.25) is 0 Å². The molecule has 0 radical (unpaired) electrons. The Hall–Kier alpha value is -1.30. The van der Waals surface area contributed by atoms with E-state index in [4.69, 9.17) is 15.2 Å². The molecule has 1 saturated carbocycles. The molecule has 0 aliphatic heterocycles. The molecule has 3 N–H and O–H groups in total. The van der Waals surface area contributed by atoms with Crippen LogP contribution in [0.4, 0.5) is 0 Å². The summed E-state index contributed by atoms with van der Waals surface area (Å²) in [5.41, 5.74) is 6.16. The molecule has 130 valence electrons. The molecule has 0 bridgehead atoms. The Balaban J connectivity index is 0.00000264. The molecule has 1 fully saturated rings. The molecule has 1 aromatic carbocycles. The van der Waals surface area contributed by atoms with Crippen LogP contribution in [0.2, 0.25) is 0 Å². The molecule has 5 nitrogen and oxygen atoms in total. The zero-order valence-corrected chi connectivity index (χ0v) is 14.7. The van der Waals surface area contributed by atoms with Crippen LogP contribution in [0.3, 0.4) is 0 Å². The van der Waals surface area contributed by atoms with Gasteiger partial charge in [-0.05, 0) is 49.9 Å². The molecule has 0 saturated heterocycles. The van der Waals surface area contributed by atoms with E-state index < -0.39 is 0 Å². The lowest BCUT2D eigenvalue weighted by molar-refractivity contribution is 0.0898. The Morgan fingerprint density at radius 3 is 2.48 bits per heavy atom. The van der Waals surface area contributed by atoms with Crippen molar-refractivity contribution in [1.29, 1.82) is 0 Å². The summed E-state index contributed by atoms with van der Waals surface area (Å²) >= 11 is 0. The molecular formula is C17H27ClN2O3. The number of rotatable bonds is 9. The van der Waals surface area contributed by atoms with Gasteiger partial charge in [-0.3, -0.25) is 4.79 Å². The topological polar surface area (TPSA) is 73.6 Å². The van der Waals surface area contributed by atoms with Gasteiger partial charge < -0.3 is 20.5 Å². The number of methoxy groups -OCH3 is 1. The highest BCUT2D eigenvalue weighted by Gasteiger charge is 2.41. The first-order valence-corrected chi connectivity index (χ1v) is 7.83. The number of hydrogen-bond acceptors (Lipinski definition) is 4. The highest BCUT2D eigenvalue weighted by molar-refractivity contribution is 5.94. The standard InChI is InChI=1S/C17H26N2O3.ClH/c1-17(12-18,14-6-7-14)19-16(20)13-4-8-15(9-5-13)22-11-3-10-21-2;/h4-5,8-9,14H,3,6-7,10-12,18H2,1-2H3,(H,19,20);1H. The molecule has 1 aromatic rings. The van der Waals surface area contributed by atoms with Crippen molar-refractivity contribution in [3.63, 3.8) is 0 Å². The molecule has 2 rings (SSSR count). The highest BCUT2D eigenvalue weighted by Crippen LogP contribution is 2.39. The third kappa shape index (κ3) is 5.68. The van der Waals surface area contributed by atoms with Crippen molar-refractivity contribution in [3.05, 3.63) is 29.8 Å². The van der Waals surface area contributed by atoms with Crippen molar-refractivity contribution in [3.8, 4) is 5.75 Å². The monoisotopic (exact) mass is 342 g/mol. The van der Waals surface area contributed by atoms with E-state index in [1.807, 2.05) is 19.1 Å². The van der Waals surface area contributed by atoms with Crippen LogP contribution < -0.4 is 15.8 Å². The molecular weight excluding hydrogens is 316 g/mol. The van der Waals surface area contributed by atoms with Crippen LogP contribution in [0.15, 0.2) is 24.3 Å². The second-order valence-corrected chi connectivity index (χ2v) is 6.07. The van der Waals surface area contributed by atoms with Gasteiger partial charge in [0.05, 0.1) is 12.1 Å². The van der Waals surface area contributed by atoms with Crippen LogP contribution in [0.5, 0.6) is 5.75 Å². The summed E-state index contributed by atoms with van der Waals surface area (Å²) in [6.45, 7) is 3.77. The maximum Gasteiger partial charge on any atom is 0.251 e. The predicted molar refractivity (Wildman–Crippen MR) is 93.3 cm³/mol. The second-order valence-electron chi connectivity index (χ2n) is 6.07. The van der Waals surface area contributed by atoms with Gasteiger partial charge in [0.1, 0.15) is 5.75 Å². The number of amides is 1.